The van der Waals surface area contributed by atoms with E-state index in [9.17, 15) is 10.2 Å². The Bertz CT molecular complexity index is 163. The fraction of sp³-hybridized carbons (Fsp3) is 1.00. The van der Waals surface area contributed by atoms with Crippen molar-refractivity contribution in [3.05, 3.63) is 0 Å². The second-order valence-corrected chi connectivity index (χ2v) is 2.93. The number of aliphatic hydroxyl groups excluding tert-OH is 4. The lowest BCUT2D eigenvalue weighted by atomic mass is 9.99. The SMILES string of the molecule is CO[C@@H]1[C@@H](O)[C@@H](O)O[C@H](CO)[C@H]1O. The Morgan fingerprint density at radius 1 is 1.23 bits per heavy atom. The first-order chi connectivity index (χ1) is 6.11. The van der Waals surface area contributed by atoms with Gasteiger partial charge in [0.25, 0.3) is 0 Å². The molecule has 6 nitrogen and oxygen atoms in total. The third-order valence-electron chi connectivity index (χ3n) is 2.11. The van der Waals surface area contributed by atoms with Crippen molar-refractivity contribution in [3.63, 3.8) is 0 Å². The molecule has 0 aromatic carbocycles. The molecule has 0 saturated carbocycles. The molecule has 1 heterocycles. The number of hydrogen-bond acceptors (Lipinski definition) is 6. The molecule has 6 heteroatoms. The molecule has 1 aliphatic heterocycles. The molecule has 0 aromatic rings. The van der Waals surface area contributed by atoms with E-state index in [1.54, 1.807) is 0 Å². The average molecular weight is 194 g/mol. The van der Waals surface area contributed by atoms with Crippen LogP contribution in [0.25, 0.3) is 0 Å². The third-order valence-corrected chi connectivity index (χ3v) is 2.11. The average Bonchev–Trinajstić information content (AvgIpc) is 2.12. The van der Waals surface area contributed by atoms with E-state index < -0.39 is 37.3 Å². The smallest absolute Gasteiger partial charge is 0.184 e. The van der Waals surface area contributed by atoms with Gasteiger partial charge in [-0.1, -0.05) is 0 Å². The minimum atomic E-state index is -1.44. The second kappa shape index (κ2) is 4.32. The maximum atomic E-state index is 9.44. The lowest BCUT2D eigenvalue weighted by molar-refractivity contribution is -0.290. The summed E-state index contributed by atoms with van der Waals surface area (Å²) >= 11 is 0. The lowest BCUT2D eigenvalue weighted by Gasteiger charge is -2.39. The van der Waals surface area contributed by atoms with E-state index in [2.05, 4.69) is 0 Å². The summed E-state index contributed by atoms with van der Waals surface area (Å²) in [5.74, 6) is 0. The molecule has 0 aliphatic carbocycles. The number of methoxy groups -OCH3 is 1. The van der Waals surface area contributed by atoms with Crippen LogP contribution in [0.1, 0.15) is 0 Å². The van der Waals surface area contributed by atoms with Crippen LogP contribution in [-0.4, -0.2) is 64.8 Å². The van der Waals surface area contributed by atoms with Gasteiger partial charge in [0.1, 0.15) is 24.4 Å². The molecule has 0 unspecified atom stereocenters. The summed E-state index contributed by atoms with van der Waals surface area (Å²) < 4.78 is 9.48. The van der Waals surface area contributed by atoms with Gasteiger partial charge in [0.15, 0.2) is 6.29 Å². The molecule has 5 atom stereocenters. The summed E-state index contributed by atoms with van der Waals surface area (Å²) in [5, 5.41) is 36.6. The van der Waals surface area contributed by atoms with Crippen molar-refractivity contribution in [2.24, 2.45) is 0 Å². The van der Waals surface area contributed by atoms with Crippen molar-refractivity contribution in [1.29, 1.82) is 0 Å². The molecule has 0 radical (unpaired) electrons. The number of rotatable bonds is 2. The van der Waals surface area contributed by atoms with E-state index in [1.165, 1.54) is 7.11 Å². The highest BCUT2D eigenvalue weighted by Gasteiger charge is 2.43. The molecule has 13 heavy (non-hydrogen) atoms. The number of aliphatic hydroxyl groups is 4. The first-order valence-corrected chi connectivity index (χ1v) is 3.95. The molecular formula is C7H14O6. The molecule has 0 bridgehead atoms. The molecular weight excluding hydrogens is 180 g/mol. The van der Waals surface area contributed by atoms with E-state index in [0.717, 1.165) is 0 Å². The van der Waals surface area contributed by atoms with E-state index in [1.807, 2.05) is 0 Å². The monoisotopic (exact) mass is 194 g/mol. The van der Waals surface area contributed by atoms with Crippen molar-refractivity contribution < 1.29 is 29.9 Å². The Morgan fingerprint density at radius 2 is 1.85 bits per heavy atom. The first-order valence-electron chi connectivity index (χ1n) is 3.95. The highest BCUT2D eigenvalue weighted by molar-refractivity contribution is 4.89. The standard InChI is InChI=1S/C7H14O6/c1-12-6-4(9)3(2-8)13-7(11)5(6)10/h3-11H,2H2,1H3/t3-,4-,5-,6+,7+/m1/s1. The van der Waals surface area contributed by atoms with E-state index in [0.29, 0.717) is 0 Å². The quantitative estimate of drug-likeness (QED) is 0.386. The van der Waals surface area contributed by atoms with Crippen LogP contribution in [-0.2, 0) is 9.47 Å². The predicted octanol–water partition coefficient (Wildman–Crippen LogP) is -2.57. The molecule has 1 saturated heterocycles. The summed E-state index contributed by atoms with van der Waals surface area (Å²) in [7, 11) is 1.30. The summed E-state index contributed by atoms with van der Waals surface area (Å²) in [6.07, 6.45) is -5.76. The molecule has 0 spiro atoms. The van der Waals surface area contributed by atoms with Crippen LogP contribution in [0.5, 0.6) is 0 Å². The van der Waals surface area contributed by atoms with Gasteiger partial charge >= 0.3 is 0 Å². The third kappa shape index (κ3) is 1.98. The Balaban J connectivity index is 2.69. The summed E-state index contributed by atoms with van der Waals surface area (Å²) in [6, 6.07) is 0. The van der Waals surface area contributed by atoms with Crippen molar-refractivity contribution in [3.8, 4) is 0 Å². The van der Waals surface area contributed by atoms with Crippen molar-refractivity contribution >= 4 is 0 Å². The summed E-state index contributed by atoms with van der Waals surface area (Å²) in [4.78, 5) is 0. The van der Waals surface area contributed by atoms with Crippen molar-refractivity contribution in [1.82, 2.24) is 0 Å². The van der Waals surface area contributed by atoms with Gasteiger partial charge in [-0.2, -0.15) is 0 Å². The van der Waals surface area contributed by atoms with Crippen molar-refractivity contribution in [2.45, 2.75) is 30.7 Å². The normalized spacial score (nSPS) is 46.4. The number of hydrogen-bond donors (Lipinski definition) is 4. The van der Waals surface area contributed by atoms with Crippen LogP contribution in [0.3, 0.4) is 0 Å². The minimum absolute atomic E-state index is 0.440. The summed E-state index contributed by atoms with van der Waals surface area (Å²) in [6.45, 7) is -0.440. The van der Waals surface area contributed by atoms with Crippen LogP contribution in [0.4, 0.5) is 0 Å². The Morgan fingerprint density at radius 3 is 2.31 bits per heavy atom. The first kappa shape index (κ1) is 10.8. The molecule has 1 aliphatic rings. The van der Waals surface area contributed by atoms with Crippen LogP contribution in [0, 0.1) is 0 Å². The molecule has 1 fully saturated rings. The number of ether oxygens (including phenoxy) is 2. The zero-order valence-electron chi connectivity index (χ0n) is 7.20. The van der Waals surface area contributed by atoms with Gasteiger partial charge in [0, 0.05) is 7.11 Å². The largest absolute Gasteiger partial charge is 0.394 e. The van der Waals surface area contributed by atoms with Gasteiger partial charge in [-0.05, 0) is 0 Å². The Kier molecular flexibility index (Phi) is 3.60. The van der Waals surface area contributed by atoms with Crippen LogP contribution in [0.2, 0.25) is 0 Å². The van der Waals surface area contributed by atoms with Crippen molar-refractivity contribution in [2.75, 3.05) is 13.7 Å². The zero-order valence-corrected chi connectivity index (χ0v) is 7.20. The highest BCUT2D eigenvalue weighted by Crippen LogP contribution is 2.21. The van der Waals surface area contributed by atoms with Gasteiger partial charge in [-0.25, -0.2) is 0 Å². The highest BCUT2D eigenvalue weighted by atomic mass is 16.6. The van der Waals surface area contributed by atoms with Crippen LogP contribution < -0.4 is 0 Å². The molecule has 1 rings (SSSR count). The maximum Gasteiger partial charge on any atom is 0.184 e. The second-order valence-electron chi connectivity index (χ2n) is 2.93. The zero-order chi connectivity index (χ0) is 10.0. The minimum Gasteiger partial charge on any atom is -0.394 e. The molecule has 4 N–H and O–H groups in total. The predicted molar refractivity (Wildman–Crippen MR) is 40.8 cm³/mol. The lowest BCUT2D eigenvalue weighted by Crippen LogP contribution is -2.59. The fourth-order valence-electron chi connectivity index (χ4n) is 1.35. The Labute approximate surface area is 75.3 Å². The van der Waals surface area contributed by atoms with Gasteiger partial charge in [0.05, 0.1) is 6.61 Å². The van der Waals surface area contributed by atoms with Gasteiger partial charge < -0.3 is 29.9 Å². The molecule has 78 valence electrons. The maximum absolute atomic E-state index is 9.44. The topological polar surface area (TPSA) is 99.4 Å². The van der Waals surface area contributed by atoms with Gasteiger partial charge in [-0.3, -0.25) is 0 Å². The van der Waals surface area contributed by atoms with E-state index in [-0.39, 0.29) is 0 Å². The van der Waals surface area contributed by atoms with Gasteiger partial charge in [0.2, 0.25) is 0 Å². The Hall–Kier alpha value is -0.240. The molecule has 0 aromatic heterocycles. The molecule has 0 amide bonds. The van der Waals surface area contributed by atoms with Crippen LogP contribution >= 0.6 is 0 Å². The van der Waals surface area contributed by atoms with E-state index >= 15 is 0 Å². The van der Waals surface area contributed by atoms with Crippen LogP contribution in [0.15, 0.2) is 0 Å². The van der Waals surface area contributed by atoms with E-state index in [4.69, 9.17) is 19.7 Å². The van der Waals surface area contributed by atoms with Gasteiger partial charge in [-0.15, -0.1) is 0 Å². The summed E-state index contributed by atoms with van der Waals surface area (Å²) in [5.41, 5.74) is 0. The fourth-order valence-corrected chi connectivity index (χ4v) is 1.35.